The van der Waals surface area contributed by atoms with Crippen molar-refractivity contribution in [2.75, 3.05) is 20.6 Å². The van der Waals surface area contributed by atoms with E-state index in [1.165, 1.54) is 0 Å². The maximum Gasteiger partial charge on any atom is 0.251 e. The van der Waals surface area contributed by atoms with Gasteiger partial charge in [0.1, 0.15) is 0 Å². The van der Waals surface area contributed by atoms with Crippen molar-refractivity contribution in [3.05, 3.63) is 29.6 Å². The Morgan fingerprint density at radius 1 is 1.56 bits per heavy atom. The number of aromatic nitrogens is 1. The third-order valence-electron chi connectivity index (χ3n) is 2.67. The summed E-state index contributed by atoms with van der Waals surface area (Å²) in [5.74, 6) is -0.0710. The number of nitrogens with one attached hydrogen (secondary N) is 1. The molecule has 0 radical (unpaired) electrons. The first-order valence-electron chi connectivity index (χ1n) is 6.13. The van der Waals surface area contributed by atoms with Gasteiger partial charge >= 0.3 is 0 Å². The van der Waals surface area contributed by atoms with Crippen LogP contribution in [0.2, 0.25) is 0 Å². The lowest BCUT2D eigenvalue weighted by Gasteiger charge is -2.16. The van der Waals surface area contributed by atoms with Crippen LogP contribution in [0.25, 0.3) is 0 Å². The molecule has 1 amide bonds. The zero-order valence-electron chi connectivity index (χ0n) is 11.3. The van der Waals surface area contributed by atoms with Crippen LogP contribution in [0.5, 0.6) is 0 Å². The second-order valence-corrected chi connectivity index (χ2v) is 4.71. The molecule has 1 aromatic rings. The van der Waals surface area contributed by atoms with E-state index in [9.17, 15) is 4.79 Å². The molecule has 0 aliphatic carbocycles. The third kappa shape index (κ3) is 4.81. The van der Waals surface area contributed by atoms with Crippen molar-refractivity contribution in [3.8, 4) is 0 Å². The van der Waals surface area contributed by atoms with E-state index in [2.05, 4.69) is 15.2 Å². The first-order valence-corrected chi connectivity index (χ1v) is 6.13. The van der Waals surface area contributed by atoms with Crippen LogP contribution in [0, 0.1) is 0 Å². The molecule has 0 aliphatic rings. The van der Waals surface area contributed by atoms with Gasteiger partial charge in [0.2, 0.25) is 0 Å². The average molecular weight is 250 g/mol. The Kier molecular flexibility index (Phi) is 5.74. The highest BCUT2D eigenvalue weighted by Gasteiger charge is 2.10. The van der Waals surface area contributed by atoms with Crippen LogP contribution >= 0.6 is 0 Å². The van der Waals surface area contributed by atoms with Gasteiger partial charge in [-0.05, 0) is 46.1 Å². The monoisotopic (exact) mass is 250 g/mol. The van der Waals surface area contributed by atoms with Crippen molar-refractivity contribution < 1.29 is 4.79 Å². The summed E-state index contributed by atoms with van der Waals surface area (Å²) in [5, 5.41) is 2.97. The van der Waals surface area contributed by atoms with Crippen LogP contribution in [0.1, 0.15) is 29.4 Å². The second-order valence-electron chi connectivity index (χ2n) is 4.71. The van der Waals surface area contributed by atoms with Gasteiger partial charge in [0, 0.05) is 24.3 Å². The van der Waals surface area contributed by atoms with Crippen molar-refractivity contribution in [3.63, 3.8) is 0 Å². The predicted octanol–water partition coefficient (Wildman–Crippen LogP) is 0.610. The summed E-state index contributed by atoms with van der Waals surface area (Å²) < 4.78 is 0. The number of nitrogens with zero attached hydrogens (tertiary/aromatic N) is 2. The maximum atomic E-state index is 12.0. The zero-order chi connectivity index (χ0) is 13.5. The fraction of sp³-hybridized carbons (Fsp3) is 0.538. The average Bonchev–Trinajstić information content (AvgIpc) is 2.36. The molecule has 5 heteroatoms. The van der Waals surface area contributed by atoms with E-state index < -0.39 is 0 Å². The van der Waals surface area contributed by atoms with Crippen molar-refractivity contribution in [1.82, 2.24) is 15.2 Å². The number of carbonyl (C=O) groups is 1. The predicted molar refractivity (Wildman–Crippen MR) is 72.2 cm³/mol. The molecule has 0 bridgehead atoms. The van der Waals surface area contributed by atoms with Crippen LogP contribution in [0.15, 0.2) is 18.3 Å². The zero-order valence-corrected chi connectivity index (χ0v) is 11.3. The summed E-state index contributed by atoms with van der Waals surface area (Å²) in [6.45, 7) is 3.30. The number of hydrogen-bond donors (Lipinski definition) is 2. The van der Waals surface area contributed by atoms with Crippen LogP contribution < -0.4 is 11.1 Å². The van der Waals surface area contributed by atoms with Gasteiger partial charge < -0.3 is 16.0 Å². The van der Waals surface area contributed by atoms with Crippen molar-refractivity contribution in [2.24, 2.45) is 5.73 Å². The Hall–Kier alpha value is -1.46. The minimum absolute atomic E-state index is 0.0710. The molecule has 5 nitrogen and oxygen atoms in total. The Morgan fingerprint density at radius 2 is 2.28 bits per heavy atom. The Balaban J connectivity index is 2.53. The quantitative estimate of drug-likeness (QED) is 0.776. The molecular formula is C13H22N4O. The molecule has 0 saturated heterocycles. The molecule has 1 rings (SSSR count). The number of hydrogen-bond acceptors (Lipinski definition) is 4. The lowest BCUT2D eigenvalue weighted by molar-refractivity contribution is 0.0936. The summed E-state index contributed by atoms with van der Waals surface area (Å²) in [6.07, 6.45) is 2.54. The summed E-state index contributed by atoms with van der Waals surface area (Å²) in [5.41, 5.74) is 6.84. The SMILES string of the molecule is CC(CCN(C)C)NC(=O)c1ccnc(CN)c1. The van der Waals surface area contributed by atoms with E-state index in [0.717, 1.165) is 18.7 Å². The molecule has 3 N–H and O–H groups in total. The standard InChI is InChI=1S/C13H22N4O/c1-10(5-7-17(2)3)16-13(18)11-4-6-15-12(8-11)9-14/h4,6,8,10H,5,7,9,14H2,1-3H3,(H,16,18). The Morgan fingerprint density at radius 3 is 2.89 bits per heavy atom. The van der Waals surface area contributed by atoms with Gasteiger partial charge in [0.25, 0.3) is 5.91 Å². The van der Waals surface area contributed by atoms with Crippen LogP contribution in [-0.4, -0.2) is 42.5 Å². The highest BCUT2D eigenvalue weighted by molar-refractivity contribution is 5.94. The largest absolute Gasteiger partial charge is 0.350 e. The summed E-state index contributed by atoms with van der Waals surface area (Å²) in [6, 6.07) is 3.58. The van der Waals surface area contributed by atoms with E-state index in [4.69, 9.17) is 5.73 Å². The highest BCUT2D eigenvalue weighted by Crippen LogP contribution is 2.02. The number of amides is 1. The molecule has 0 aromatic carbocycles. The molecule has 0 fully saturated rings. The second kappa shape index (κ2) is 7.08. The van der Waals surface area contributed by atoms with E-state index >= 15 is 0 Å². The molecule has 1 aromatic heterocycles. The van der Waals surface area contributed by atoms with Gasteiger partial charge in [-0.3, -0.25) is 9.78 Å². The number of rotatable bonds is 6. The fourth-order valence-electron chi connectivity index (χ4n) is 1.56. The van der Waals surface area contributed by atoms with Crippen molar-refractivity contribution in [2.45, 2.75) is 25.9 Å². The van der Waals surface area contributed by atoms with Gasteiger partial charge in [0.05, 0.1) is 5.69 Å². The van der Waals surface area contributed by atoms with Gasteiger partial charge in [-0.15, -0.1) is 0 Å². The van der Waals surface area contributed by atoms with Gasteiger partial charge in [-0.1, -0.05) is 0 Å². The molecule has 1 atom stereocenters. The Labute approximate surface area is 108 Å². The molecule has 0 aliphatic heterocycles. The first-order chi connectivity index (χ1) is 8.52. The van der Waals surface area contributed by atoms with Crippen LogP contribution in [0.4, 0.5) is 0 Å². The number of carbonyl (C=O) groups excluding carboxylic acids is 1. The van der Waals surface area contributed by atoms with E-state index in [0.29, 0.717) is 12.1 Å². The summed E-state index contributed by atoms with van der Waals surface area (Å²) in [4.78, 5) is 18.1. The van der Waals surface area contributed by atoms with Gasteiger partial charge in [0.15, 0.2) is 0 Å². The van der Waals surface area contributed by atoms with Gasteiger partial charge in [-0.25, -0.2) is 0 Å². The summed E-state index contributed by atoms with van der Waals surface area (Å²) in [7, 11) is 4.04. The third-order valence-corrected chi connectivity index (χ3v) is 2.67. The highest BCUT2D eigenvalue weighted by atomic mass is 16.1. The molecule has 1 unspecified atom stereocenters. The molecule has 1 heterocycles. The molecule has 18 heavy (non-hydrogen) atoms. The molecule has 100 valence electrons. The maximum absolute atomic E-state index is 12.0. The number of pyridine rings is 1. The first kappa shape index (κ1) is 14.6. The van der Waals surface area contributed by atoms with E-state index in [-0.39, 0.29) is 11.9 Å². The van der Waals surface area contributed by atoms with E-state index in [1.807, 2.05) is 21.0 Å². The smallest absolute Gasteiger partial charge is 0.251 e. The topological polar surface area (TPSA) is 71.2 Å². The number of nitrogens with two attached hydrogens (primary N) is 1. The lowest BCUT2D eigenvalue weighted by Crippen LogP contribution is -2.34. The molecule has 0 spiro atoms. The van der Waals surface area contributed by atoms with Crippen LogP contribution in [0.3, 0.4) is 0 Å². The molecular weight excluding hydrogens is 228 g/mol. The van der Waals surface area contributed by atoms with Crippen molar-refractivity contribution in [1.29, 1.82) is 0 Å². The van der Waals surface area contributed by atoms with Crippen LogP contribution in [-0.2, 0) is 6.54 Å². The molecule has 0 saturated carbocycles. The van der Waals surface area contributed by atoms with Crippen molar-refractivity contribution >= 4 is 5.91 Å². The van der Waals surface area contributed by atoms with Gasteiger partial charge in [-0.2, -0.15) is 0 Å². The lowest BCUT2D eigenvalue weighted by atomic mass is 10.1. The summed E-state index contributed by atoms with van der Waals surface area (Å²) >= 11 is 0. The van der Waals surface area contributed by atoms with E-state index in [1.54, 1.807) is 18.3 Å². The Bertz CT molecular complexity index is 392. The fourth-order valence-corrected chi connectivity index (χ4v) is 1.56. The minimum Gasteiger partial charge on any atom is -0.350 e. The minimum atomic E-state index is -0.0710. The normalized spacial score (nSPS) is 12.5.